The van der Waals surface area contributed by atoms with Gasteiger partial charge < -0.3 is 26.1 Å². The molecule has 47 heavy (non-hydrogen) atoms. The van der Waals surface area contributed by atoms with Gasteiger partial charge in [0.2, 0.25) is 17.6 Å². The number of fused-ring (bicyclic) bond motifs is 1. The highest BCUT2D eigenvalue weighted by Crippen LogP contribution is 2.20. The first-order chi connectivity index (χ1) is 22.4. The van der Waals surface area contributed by atoms with Gasteiger partial charge in [-0.1, -0.05) is 82.6 Å². The number of aromatic amines is 1. The number of nitrogens with two attached hydrogens (primary N) is 1. The number of H-pyrrole nitrogens is 1. The van der Waals surface area contributed by atoms with Crippen molar-refractivity contribution in [2.75, 3.05) is 6.54 Å². The maximum absolute atomic E-state index is 13.4. The fourth-order valence-electron chi connectivity index (χ4n) is 5.36. The van der Waals surface area contributed by atoms with E-state index in [0.29, 0.717) is 12.8 Å². The van der Waals surface area contributed by atoms with Crippen LogP contribution < -0.4 is 16.4 Å². The van der Waals surface area contributed by atoms with Crippen molar-refractivity contribution in [3.05, 3.63) is 71.9 Å². The van der Waals surface area contributed by atoms with Crippen LogP contribution in [-0.4, -0.2) is 52.8 Å². The van der Waals surface area contributed by atoms with Gasteiger partial charge in [0.05, 0.1) is 24.9 Å². The number of carbonyl (C=O) groups is 6. The monoisotopic (exact) mass is 646 g/mol. The highest BCUT2D eigenvalue weighted by molar-refractivity contribution is 6.38. The molecule has 1 heterocycles. The number of benzene rings is 2. The molecule has 0 spiro atoms. The Kier molecular flexibility index (Phi) is 13.9. The van der Waals surface area contributed by atoms with Crippen molar-refractivity contribution >= 4 is 46.2 Å². The summed E-state index contributed by atoms with van der Waals surface area (Å²) in [6.45, 7) is 6.98. The lowest BCUT2D eigenvalue weighted by Crippen LogP contribution is -2.52. The first-order valence-electron chi connectivity index (χ1n) is 16.1. The second-order valence-corrected chi connectivity index (χ2v) is 12.5. The molecule has 0 aliphatic heterocycles. The smallest absolute Gasteiger partial charge is 0.306 e. The van der Waals surface area contributed by atoms with Gasteiger partial charge in [-0.2, -0.15) is 0 Å². The van der Waals surface area contributed by atoms with Crippen molar-refractivity contribution in [3.8, 4) is 0 Å². The second kappa shape index (κ2) is 17.8. The molecule has 0 bridgehead atoms. The van der Waals surface area contributed by atoms with Gasteiger partial charge in [-0.3, -0.25) is 28.8 Å². The quantitative estimate of drug-likeness (QED) is 0.113. The summed E-state index contributed by atoms with van der Waals surface area (Å²) in [5.41, 5.74) is 8.03. The standard InChI is InChI=1S/C36H46N4O7/c1-5-23(4)32(40-35(45)27(15-22(2)3)19-31(42)47-21-24-11-7-6-8-12-24)33(43)36(46)38-20-29(41)18-26(34(37)44)17-28-16-25-13-9-10-14-30(25)39-28/h6-14,16,22-23,26-27,32,39H,5,15,17-21H2,1-4H3,(H2,37,44)(H,38,46)(H,40,45)/t23-,26+,27+,32?/m0/s1. The van der Waals surface area contributed by atoms with Gasteiger partial charge in [0.25, 0.3) is 5.91 Å². The third-order valence-electron chi connectivity index (χ3n) is 8.17. The molecule has 3 aromatic rings. The average Bonchev–Trinajstić information content (AvgIpc) is 3.46. The molecule has 3 rings (SSSR count). The fourth-order valence-corrected chi connectivity index (χ4v) is 5.36. The van der Waals surface area contributed by atoms with Crippen LogP contribution in [-0.2, 0) is 46.5 Å². The van der Waals surface area contributed by atoms with Crippen LogP contribution in [0.25, 0.3) is 10.9 Å². The number of hydrogen-bond acceptors (Lipinski definition) is 7. The van der Waals surface area contributed by atoms with E-state index in [9.17, 15) is 28.8 Å². The van der Waals surface area contributed by atoms with E-state index >= 15 is 0 Å². The highest BCUT2D eigenvalue weighted by Gasteiger charge is 2.34. The number of ether oxygens (including phenoxy) is 1. The minimum absolute atomic E-state index is 0.0695. The van der Waals surface area contributed by atoms with Crippen LogP contribution in [0.2, 0.25) is 0 Å². The van der Waals surface area contributed by atoms with Crippen molar-refractivity contribution in [1.29, 1.82) is 0 Å². The first kappa shape index (κ1) is 36.7. The fraction of sp³-hybridized carbons (Fsp3) is 0.444. The number of ketones is 2. The number of nitrogens with one attached hydrogen (secondary N) is 3. The lowest BCUT2D eigenvalue weighted by Gasteiger charge is -2.26. The molecular weight excluding hydrogens is 600 g/mol. The highest BCUT2D eigenvalue weighted by atomic mass is 16.5. The third kappa shape index (κ3) is 11.5. The van der Waals surface area contributed by atoms with E-state index in [-0.39, 0.29) is 31.8 Å². The maximum atomic E-state index is 13.4. The van der Waals surface area contributed by atoms with Crippen LogP contribution in [0.15, 0.2) is 60.7 Å². The van der Waals surface area contributed by atoms with Crippen LogP contribution in [0.5, 0.6) is 0 Å². The molecule has 3 amide bonds. The molecule has 4 atom stereocenters. The molecule has 252 valence electrons. The summed E-state index contributed by atoms with van der Waals surface area (Å²) in [6, 6.07) is 17.5. The zero-order valence-electron chi connectivity index (χ0n) is 27.5. The number of hydrogen-bond donors (Lipinski definition) is 4. The second-order valence-electron chi connectivity index (χ2n) is 12.5. The summed E-state index contributed by atoms with van der Waals surface area (Å²) in [6.07, 6.45) is 0.654. The zero-order chi connectivity index (χ0) is 34.5. The summed E-state index contributed by atoms with van der Waals surface area (Å²) >= 11 is 0. The Labute approximate surface area is 275 Å². The summed E-state index contributed by atoms with van der Waals surface area (Å²) in [4.78, 5) is 80.3. The molecule has 1 unspecified atom stereocenters. The van der Waals surface area contributed by atoms with Crippen molar-refractivity contribution < 1.29 is 33.5 Å². The molecule has 1 aromatic heterocycles. The molecule has 0 saturated carbocycles. The Morgan fingerprint density at radius 3 is 2.21 bits per heavy atom. The minimum Gasteiger partial charge on any atom is -0.461 e. The molecule has 11 heteroatoms. The Balaban J connectivity index is 1.58. The lowest BCUT2D eigenvalue weighted by molar-refractivity contribution is -0.149. The van der Waals surface area contributed by atoms with E-state index in [1.54, 1.807) is 6.92 Å². The van der Waals surface area contributed by atoms with E-state index in [1.165, 1.54) is 0 Å². The Morgan fingerprint density at radius 1 is 0.894 bits per heavy atom. The molecule has 0 fully saturated rings. The van der Waals surface area contributed by atoms with Crippen LogP contribution >= 0.6 is 0 Å². The number of para-hydroxylation sites is 1. The Bertz CT molecular complexity index is 1520. The van der Waals surface area contributed by atoms with Gasteiger partial charge >= 0.3 is 5.97 Å². The summed E-state index contributed by atoms with van der Waals surface area (Å²) < 4.78 is 5.38. The predicted octanol–water partition coefficient (Wildman–Crippen LogP) is 3.78. The average molecular weight is 647 g/mol. The number of esters is 1. The minimum atomic E-state index is -1.17. The maximum Gasteiger partial charge on any atom is 0.306 e. The number of amides is 3. The number of carbonyl (C=O) groups excluding carboxylic acids is 6. The van der Waals surface area contributed by atoms with Gasteiger partial charge in [-0.05, 0) is 47.8 Å². The van der Waals surface area contributed by atoms with Gasteiger partial charge in [0, 0.05) is 23.5 Å². The number of rotatable bonds is 19. The van der Waals surface area contributed by atoms with Crippen molar-refractivity contribution in [2.24, 2.45) is 29.4 Å². The summed E-state index contributed by atoms with van der Waals surface area (Å²) in [5.74, 6) is -6.06. The predicted molar refractivity (Wildman–Crippen MR) is 178 cm³/mol. The van der Waals surface area contributed by atoms with Crippen LogP contribution in [0.3, 0.4) is 0 Å². The van der Waals surface area contributed by atoms with E-state index in [1.807, 2.05) is 81.4 Å². The Hall–Kier alpha value is -4.80. The molecule has 0 saturated heterocycles. The molecule has 0 aliphatic rings. The van der Waals surface area contributed by atoms with E-state index in [2.05, 4.69) is 15.6 Å². The SMILES string of the molecule is CC[C@H](C)C(NC(=O)[C@@H](CC(=O)OCc1ccccc1)CC(C)C)C(=O)C(=O)NCC(=O)C[C@@H](Cc1cc2ccccc2[nH]1)C(N)=O. The number of primary amides is 1. The van der Waals surface area contributed by atoms with Crippen LogP contribution in [0.1, 0.15) is 64.6 Å². The van der Waals surface area contributed by atoms with E-state index < -0.39 is 65.6 Å². The van der Waals surface area contributed by atoms with Crippen LogP contribution in [0.4, 0.5) is 0 Å². The first-order valence-corrected chi connectivity index (χ1v) is 16.1. The van der Waals surface area contributed by atoms with Gasteiger partial charge in [0.1, 0.15) is 6.61 Å². The zero-order valence-corrected chi connectivity index (χ0v) is 27.5. The largest absolute Gasteiger partial charge is 0.461 e. The molecule has 0 radical (unpaired) electrons. The Morgan fingerprint density at radius 2 is 1.57 bits per heavy atom. The van der Waals surface area contributed by atoms with Gasteiger partial charge in [-0.25, -0.2) is 0 Å². The topological polar surface area (TPSA) is 178 Å². The molecular formula is C36H46N4O7. The lowest BCUT2D eigenvalue weighted by atomic mass is 9.90. The van der Waals surface area contributed by atoms with Gasteiger partial charge in [-0.15, -0.1) is 0 Å². The molecule has 2 aromatic carbocycles. The van der Waals surface area contributed by atoms with E-state index in [0.717, 1.165) is 22.2 Å². The van der Waals surface area contributed by atoms with Crippen molar-refractivity contribution in [1.82, 2.24) is 15.6 Å². The molecule has 11 nitrogen and oxygen atoms in total. The van der Waals surface area contributed by atoms with Crippen LogP contribution in [0, 0.1) is 23.7 Å². The normalized spacial score (nSPS) is 13.7. The van der Waals surface area contributed by atoms with Crippen molar-refractivity contribution in [2.45, 2.75) is 72.4 Å². The number of Topliss-reactive ketones (excluding diaryl/α,β-unsaturated/α-hetero) is 2. The molecule has 0 aliphatic carbocycles. The molecule has 5 N–H and O–H groups in total. The number of aromatic nitrogens is 1. The van der Waals surface area contributed by atoms with Gasteiger partial charge in [0.15, 0.2) is 5.78 Å². The van der Waals surface area contributed by atoms with Crippen molar-refractivity contribution in [3.63, 3.8) is 0 Å². The summed E-state index contributed by atoms with van der Waals surface area (Å²) in [7, 11) is 0. The third-order valence-corrected chi connectivity index (χ3v) is 8.17. The summed E-state index contributed by atoms with van der Waals surface area (Å²) in [5, 5.41) is 6.01. The van der Waals surface area contributed by atoms with E-state index in [4.69, 9.17) is 10.5 Å².